The third-order valence-electron chi connectivity index (χ3n) is 3.80. The fourth-order valence-corrected chi connectivity index (χ4v) is 2.55. The SMILES string of the molecule is COc1cc(/C=N\NC(=O)Cc2ccc(C)cc2C)ccc1OC(C)C. The first-order valence-electron chi connectivity index (χ1n) is 8.61. The zero-order valence-corrected chi connectivity index (χ0v) is 16.0. The highest BCUT2D eigenvalue weighted by Crippen LogP contribution is 2.28. The highest BCUT2D eigenvalue weighted by Gasteiger charge is 2.07. The third-order valence-corrected chi connectivity index (χ3v) is 3.80. The summed E-state index contributed by atoms with van der Waals surface area (Å²) in [6.45, 7) is 7.96. The molecule has 0 atom stereocenters. The number of benzene rings is 2. The van der Waals surface area contributed by atoms with Gasteiger partial charge in [-0.2, -0.15) is 5.10 Å². The van der Waals surface area contributed by atoms with E-state index in [-0.39, 0.29) is 12.0 Å². The molecule has 0 aromatic heterocycles. The molecular weight excluding hydrogens is 328 g/mol. The first-order chi connectivity index (χ1) is 12.4. The van der Waals surface area contributed by atoms with Gasteiger partial charge in [-0.05, 0) is 62.6 Å². The Kier molecular flexibility index (Phi) is 6.78. The quantitative estimate of drug-likeness (QED) is 0.608. The van der Waals surface area contributed by atoms with Gasteiger partial charge in [-0.3, -0.25) is 4.79 Å². The van der Waals surface area contributed by atoms with Crippen LogP contribution in [0.5, 0.6) is 11.5 Å². The predicted octanol–water partition coefficient (Wildman–Crippen LogP) is 3.79. The molecule has 2 rings (SSSR count). The number of carbonyl (C=O) groups excluding carboxylic acids is 1. The van der Waals surface area contributed by atoms with Gasteiger partial charge < -0.3 is 9.47 Å². The number of hydrogen-bond donors (Lipinski definition) is 1. The first kappa shape index (κ1) is 19.5. The second kappa shape index (κ2) is 9.04. The number of amides is 1. The minimum atomic E-state index is -0.153. The van der Waals surface area contributed by atoms with E-state index < -0.39 is 0 Å². The van der Waals surface area contributed by atoms with Crippen molar-refractivity contribution in [3.8, 4) is 11.5 Å². The van der Waals surface area contributed by atoms with Crippen LogP contribution in [0.1, 0.15) is 36.1 Å². The summed E-state index contributed by atoms with van der Waals surface area (Å²) in [6, 6.07) is 11.6. The summed E-state index contributed by atoms with van der Waals surface area (Å²) in [5.74, 6) is 1.16. The summed E-state index contributed by atoms with van der Waals surface area (Å²) >= 11 is 0. The van der Waals surface area contributed by atoms with Crippen LogP contribution in [0.2, 0.25) is 0 Å². The van der Waals surface area contributed by atoms with E-state index in [0.717, 1.165) is 16.7 Å². The molecule has 0 spiro atoms. The molecule has 26 heavy (non-hydrogen) atoms. The maximum Gasteiger partial charge on any atom is 0.244 e. The fraction of sp³-hybridized carbons (Fsp3) is 0.333. The van der Waals surface area contributed by atoms with E-state index in [9.17, 15) is 4.79 Å². The third kappa shape index (κ3) is 5.62. The molecule has 1 N–H and O–H groups in total. The van der Waals surface area contributed by atoms with Gasteiger partial charge in [0.25, 0.3) is 0 Å². The van der Waals surface area contributed by atoms with E-state index in [1.165, 1.54) is 5.56 Å². The van der Waals surface area contributed by atoms with E-state index in [0.29, 0.717) is 17.9 Å². The predicted molar refractivity (Wildman–Crippen MR) is 104 cm³/mol. The average Bonchev–Trinajstić information content (AvgIpc) is 2.58. The number of rotatable bonds is 7. The standard InChI is InChI=1S/C21H26N2O3/c1-14(2)26-19-9-7-17(11-20(19)25-5)13-22-23-21(24)12-18-8-6-15(3)10-16(18)4/h6-11,13-14H,12H2,1-5H3,(H,23,24)/b22-13-. The molecule has 0 heterocycles. The van der Waals surface area contributed by atoms with Gasteiger partial charge in [0.2, 0.25) is 5.91 Å². The van der Waals surface area contributed by atoms with Crippen molar-refractivity contribution in [2.45, 2.75) is 40.2 Å². The topological polar surface area (TPSA) is 59.9 Å². The molecule has 0 fully saturated rings. The lowest BCUT2D eigenvalue weighted by atomic mass is 10.0. The summed E-state index contributed by atoms with van der Waals surface area (Å²) in [4.78, 5) is 12.1. The van der Waals surface area contributed by atoms with Gasteiger partial charge in [0, 0.05) is 0 Å². The van der Waals surface area contributed by atoms with Crippen LogP contribution in [-0.2, 0) is 11.2 Å². The Bertz CT molecular complexity index is 798. The maximum absolute atomic E-state index is 12.1. The van der Waals surface area contributed by atoms with Crippen molar-refractivity contribution in [2.75, 3.05) is 7.11 Å². The molecule has 5 heteroatoms. The summed E-state index contributed by atoms with van der Waals surface area (Å²) in [7, 11) is 1.59. The van der Waals surface area contributed by atoms with E-state index in [1.54, 1.807) is 13.3 Å². The van der Waals surface area contributed by atoms with Crippen LogP contribution >= 0.6 is 0 Å². The molecule has 0 aliphatic carbocycles. The average molecular weight is 354 g/mol. The second-order valence-electron chi connectivity index (χ2n) is 6.48. The zero-order chi connectivity index (χ0) is 19.1. The smallest absolute Gasteiger partial charge is 0.244 e. The highest BCUT2D eigenvalue weighted by atomic mass is 16.5. The van der Waals surface area contributed by atoms with Gasteiger partial charge in [0.15, 0.2) is 11.5 Å². The Balaban J connectivity index is 1.98. The number of hydrogen-bond acceptors (Lipinski definition) is 4. The van der Waals surface area contributed by atoms with Crippen molar-refractivity contribution in [1.82, 2.24) is 5.43 Å². The van der Waals surface area contributed by atoms with Crippen molar-refractivity contribution in [3.05, 3.63) is 58.7 Å². The van der Waals surface area contributed by atoms with Crippen molar-refractivity contribution >= 4 is 12.1 Å². The number of aryl methyl sites for hydroxylation is 2. The molecule has 2 aromatic rings. The van der Waals surface area contributed by atoms with Crippen LogP contribution < -0.4 is 14.9 Å². The summed E-state index contributed by atoms with van der Waals surface area (Å²) < 4.78 is 11.0. The molecule has 5 nitrogen and oxygen atoms in total. The van der Waals surface area contributed by atoms with E-state index in [1.807, 2.05) is 58.0 Å². The Labute approximate surface area is 155 Å². The molecule has 2 aromatic carbocycles. The fourth-order valence-electron chi connectivity index (χ4n) is 2.55. The van der Waals surface area contributed by atoms with Gasteiger partial charge in [-0.15, -0.1) is 0 Å². The van der Waals surface area contributed by atoms with E-state index >= 15 is 0 Å². The largest absolute Gasteiger partial charge is 0.493 e. The van der Waals surface area contributed by atoms with Gasteiger partial charge >= 0.3 is 0 Å². The van der Waals surface area contributed by atoms with Crippen LogP contribution in [0.25, 0.3) is 0 Å². The minimum Gasteiger partial charge on any atom is -0.493 e. The number of carbonyl (C=O) groups is 1. The zero-order valence-electron chi connectivity index (χ0n) is 16.0. The number of hydrazone groups is 1. The molecular formula is C21H26N2O3. The second-order valence-corrected chi connectivity index (χ2v) is 6.48. The van der Waals surface area contributed by atoms with Gasteiger partial charge in [-0.1, -0.05) is 23.8 Å². The molecule has 0 saturated carbocycles. The number of nitrogens with one attached hydrogen (secondary N) is 1. The molecule has 0 unspecified atom stereocenters. The van der Waals surface area contributed by atoms with E-state index in [2.05, 4.69) is 16.6 Å². The van der Waals surface area contributed by atoms with Crippen LogP contribution in [0.3, 0.4) is 0 Å². The highest BCUT2D eigenvalue weighted by molar-refractivity contribution is 5.84. The monoisotopic (exact) mass is 354 g/mol. The lowest BCUT2D eigenvalue weighted by Gasteiger charge is -2.13. The van der Waals surface area contributed by atoms with Crippen LogP contribution in [-0.4, -0.2) is 25.3 Å². The van der Waals surface area contributed by atoms with Crippen molar-refractivity contribution in [2.24, 2.45) is 5.10 Å². The Hall–Kier alpha value is -2.82. The molecule has 1 amide bonds. The molecule has 138 valence electrons. The first-order valence-corrected chi connectivity index (χ1v) is 8.61. The van der Waals surface area contributed by atoms with Crippen molar-refractivity contribution in [3.63, 3.8) is 0 Å². The Morgan fingerprint density at radius 2 is 1.92 bits per heavy atom. The Morgan fingerprint density at radius 3 is 2.58 bits per heavy atom. The Morgan fingerprint density at radius 1 is 1.15 bits per heavy atom. The van der Waals surface area contributed by atoms with E-state index in [4.69, 9.17) is 9.47 Å². The lowest BCUT2D eigenvalue weighted by molar-refractivity contribution is -0.120. The van der Waals surface area contributed by atoms with Gasteiger partial charge in [0.05, 0.1) is 25.8 Å². The molecule has 0 radical (unpaired) electrons. The van der Waals surface area contributed by atoms with Crippen LogP contribution in [0, 0.1) is 13.8 Å². The number of ether oxygens (including phenoxy) is 2. The summed E-state index contributed by atoms with van der Waals surface area (Å²) in [5, 5.41) is 4.03. The van der Waals surface area contributed by atoms with Crippen LogP contribution in [0.15, 0.2) is 41.5 Å². The minimum absolute atomic E-state index is 0.0629. The number of nitrogens with zero attached hydrogens (tertiary/aromatic N) is 1. The maximum atomic E-state index is 12.1. The van der Waals surface area contributed by atoms with Crippen molar-refractivity contribution in [1.29, 1.82) is 0 Å². The number of methoxy groups -OCH3 is 1. The van der Waals surface area contributed by atoms with Crippen LogP contribution in [0.4, 0.5) is 0 Å². The molecule has 0 aliphatic rings. The van der Waals surface area contributed by atoms with Crippen molar-refractivity contribution < 1.29 is 14.3 Å². The summed E-state index contributed by atoms with van der Waals surface area (Å²) in [5.41, 5.74) is 6.66. The molecule has 0 saturated heterocycles. The lowest BCUT2D eigenvalue weighted by Crippen LogP contribution is -2.20. The molecule has 0 bridgehead atoms. The van der Waals surface area contributed by atoms with Gasteiger partial charge in [0.1, 0.15) is 0 Å². The van der Waals surface area contributed by atoms with Gasteiger partial charge in [-0.25, -0.2) is 5.43 Å². The summed E-state index contributed by atoms with van der Waals surface area (Å²) in [6.07, 6.45) is 1.95. The molecule has 0 aliphatic heterocycles. The normalized spacial score (nSPS) is 11.0.